The number of nitrogens with zero attached hydrogens (tertiary/aromatic N) is 2. The number of carbonyl (C=O) groups is 2. The van der Waals surface area contributed by atoms with Gasteiger partial charge in [-0.15, -0.1) is 22.7 Å². The van der Waals surface area contributed by atoms with Crippen molar-refractivity contribution in [3.8, 4) is 6.07 Å². The Morgan fingerprint density at radius 2 is 2.24 bits per heavy atom. The minimum atomic E-state index is -0.434. The molecule has 33 heavy (non-hydrogen) atoms. The third-order valence-electron chi connectivity index (χ3n) is 5.57. The molecule has 0 bridgehead atoms. The summed E-state index contributed by atoms with van der Waals surface area (Å²) in [5.74, 6) is -0.0703. The van der Waals surface area contributed by atoms with Crippen LogP contribution in [-0.4, -0.2) is 23.2 Å². The van der Waals surface area contributed by atoms with Crippen LogP contribution in [0.1, 0.15) is 33.0 Å². The number of carbonyl (C=O) groups excluding carboxylic acids is 2. The van der Waals surface area contributed by atoms with Crippen molar-refractivity contribution >= 4 is 45.8 Å². The lowest BCUT2D eigenvalue weighted by molar-refractivity contribution is -0.111. The molecule has 3 aromatic heterocycles. The fourth-order valence-corrected chi connectivity index (χ4v) is 5.72. The summed E-state index contributed by atoms with van der Waals surface area (Å²) in [7, 11) is 1.93. The Kier molecular flexibility index (Phi) is 7.27. The van der Waals surface area contributed by atoms with E-state index in [0.717, 1.165) is 40.3 Å². The number of anilines is 1. The Morgan fingerprint density at radius 1 is 1.36 bits per heavy atom. The quantitative estimate of drug-likeness (QED) is 0.479. The maximum absolute atomic E-state index is 12.3. The van der Waals surface area contributed by atoms with E-state index in [0.29, 0.717) is 23.7 Å². The summed E-state index contributed by atoms with van der Waals surface area (Å²) < 4.78 is 7.38. The van der Waals surface area contributed by atoms with Crippen LogP contribution in [0.25, 0.3) is 6.08 Å². The number of rotatable bonds is 7. The van der Waals surface area contributed by atoms with Crippen LogP contribution < -0.4 is 10.6 Å². The van der Waals surface area contributed by atoms with Crippen molar-refractivity contribution in [2.75, 3.05) is 11.9 Å². The summed E-state index contributed by atoms with van der Waals surface area (Å²) >= 11 is 2.99. The molecular weight excluding hydrogens is 456 g/mol. The molecule has 2 amide bonds. The summed E-state index contributed by atoms with van der Waals surface area (Å²) in [5, 5.41) is 17.8. The first-order valence-electron chi connectivity index (χ1n) is 10.6. The van der Waals surface area contributed by atoms with Gasteiger partial charge in [0.2, 0.25) is 5.91 Å². The highest BCUT2D eigenvalue weighted by atomic mass is 32.1. The summed E-state index contributed by atoms with van der Waals surface area (Å²) in [6.45, 7) is 0.737. The number of amides is 2. The molecule has 170 valence electrons. The van der Waals surface area contributed by atoms with Crippen LogP contribution in [0.5, 0.6) is 0 Å². The molecule has 0 fully saturated rings. The molecule has 1 aliphatic carbocycles. The molecule has 2 N–H and O–H groups in total. The van der Waals surface area contributed by atoms with Crippen molar-refractivity contribution < 1.29 is 14.3 Å². The van der Waals surface area contributed by atoms with E-state index in [1.807, 2.05) is 47.5 Å². The number of aryl methyl sites for hydroxylation is 1. The number of alkyl carbamates (subject to hydrolysis) is 1. The monoisotopic (exact) mass is 480 g/mol. The van der Waals surface area contributed by atoms with Gasteiger partial charge in [-0.3, -0.25) is 4.79 Å². The topological polar surface area (TPSA) is 96.2 Å². The molecule has 0 aromatic carbocycles. The second-order valence-corrected chi connectivity index (χ2v) is 9.91. The molecular formula is C24H24N4O3S2. The highest BCUT2D eigenvalue weighted by Gasteiger charge is 2.27. The average Bonchev–Trinajstić information content (AvgIpc) is 3.54. The van der Waals surface area contributed by atoms with Gasteiger partial charge in [-0.1, -0.05) is 6.07 Å². The SMILES string of the molecule is Cn1cccc1CNC(=O)OCC1CCc2c(sc(NC(=O)C=Cc3cccs3)c2C#N)C1. The van der Waals surface area contributed by atoms with E-state index in [-0.39, 0.29) is 11.8 Å². The summed E-state index contributed by atoms with van der Waals surface area (Å²) in [5.41, 5.74) is 2.55. The van der Waals surface area contributed by atoms with Crippen LogP contribution in [0.4, 0.5) is 9.80 Å². The predicted octanol–water partition coefficient (Wildman–Crippen LogP) is 4.70. The predicted molar refractivity (Wildman–Crippen MR) is 130 cm³/mol. The highest BCUT2D eigenvalue weighted by Crippen LogP contribution is 2.39. The Morgan fingerprint density at radius 3 is 2.97 bits per heavy atom. The lowest BCUT2D eigenvalue weighted by atomic mass is 9.88. The van der Waals surface area contributed by atoms with E-state index < -0.39 is 6.09 Å². The number of fused-ring (bicyclic) bond motifs is 1. The Balaban J connectivity index is 1.31. The smallest absolute Gasteiger partial charge is 0.407 e. The zero-order valence-corrected chi connectivity index (χ0v) is 19.8. The number of nitrogens with one attached hydrogen (secondary N) is 2. The zero-order valence-electron chi connectivity index (χ0n) is 18.2. The normalized spacial score (nSPS) is 15.1. The summed E-state index contributed by atoms with van der Waals surface area (Å²) in [6.07, 6.45) is 7.02. The molecule has 0 radical (unpaired) electrons. The van der Waals surface area contributed by atoms with Crippen molar-refractivity contribution in [2.24, 2.45) is 13.0 Å². The van der Waals surface area contributed by atoms with Crippen LogP contribution >= 0.6 is 22.7 Å². The number of ether oxygens (including phenoxy) is 1. The molecule has 3 aromatic rings. The molecule has 1 aliphatic rings. The van der Waals surface area contributed by atoms with Gasteiger partial charge >= 0.3 is 6.09 Å². The molecule has 3 heterocycles. The van der Waals surface area contributed by atoms with E-state index in [9.17, 15) is 14.9 Å². The van der Waals surface area contributed by atoms with Gasteiger partial charge in [-0.25, -0.2) is 4.79 Å². The average molecular weight is 481 g/mol. The first-order valence-corrected chi connectivity index (χ1v) is 12.3. The molecule has 7 nitrogen and oxygen atoms in total. The number of hydrogen-bond donors (Lipinski definition) is 2. The van der Waals surface area contributed by atoms with Crippen LogP contribution in [0.3, 0.4) is 0 Å². The first-order chi connectivity index (χ1) is 16.0. The van der Waals surface area contributed by atoms with Crippen LogP contribution in [-0.2, 0) is 36.0 Å². The van der Waals surface area contributed by atoms with Gasteiger partial charge in [0.25, 0.3) is 0 Å². The maximum Gasteiger partial charge on any atom is 0.407 e. The third kappa shape index (κ3) is 5.72. The van der Waals surface area contributed by atoms with E-state index in [4.69, 9.17) is 4.74 Å². The summed E-state index contributed by atoms with van der Waals surface area (Å²) in [4.78, 5) is 26.5. The number of nitriles is 1. The van der Waals surface area contributed by atoms with Crippen molar-refractivity contribution in [1.29, 1.82) is 5.26 Å². The molecule has 0 spiro atoms. The molecule has 9 heteroatoms. The molecule has 4 rings (SSSR count). The number of aromatic nitrogens is 1. The summed E-state index contributed by atoms with van der Waals surface area (Å²) in [6, 6.07) is 9.99. The van der Waals surface area contributed by atoms with Crippen molar-refractivity contribution in [3.05, 3.63) is 68.5 Å². The molecule has 0 aliphatic heterocycles. The fraction of sp³-hybridized carbons (Fsp3) is 0.292. The van der Waals surface area contributed by atoms with Gasteiger partial charge in [0.05, 0.1) is 18.7 Å². The fourth-order valence-electron chi connectivity index (χ4n) is 3.79. The molecule has 0 saturated heterocycles. The van der Waals surface area contributed by atoms with Crippen LogP contribution in [0.15, 0.2) is 41.9 Å². The lowest BCUT2D eigenvalue weighted by Gasteiger charge is -2.21. The van der Waals surface area contributed by atoms with E-state index >= 15 is 0 Å². The van der Waals surface area contributed by atoms with E-state index in [1.165, 1.54) is 17.4 Å². The van der Waals surface area contributed by atoms with Gasteiger partial charge in [0, 0.05) is 34.8 Å². The highest BCUT2D eigenvalue weighted by molar-refractivity contribution is 7.16. The largest absolute Gasteiger partial charge is 0.449 e. The number of hydrogen-bond acceptors (Lipinski definition) is 6. The molecule has 1 atom stereocenters. The van der Waals surface area contributed by atoms with Crippen LogP contribution in [0, 0.1) is 17.2 Å². The minimum absolute atomic E-state index is 0.186. The maximum atomic E-state index is 12.3. The van der Waals surface area contributed by atoms with Gasteiger partial charge < -0.3 is 19.9 Å². The van der Waals surface area contributed by atoms with Crippen molar-refractivity contribution in [2.45, 2.75) is 25.8 Å². The van der Waals surface area contributed by atoms with Gasteiger partial charge in [0.15, 0.2) is 0 Å². The lowest BCUT2D eigenvalue weighted by Crippen LogP contribution is -2.28. The van der Waals surface area contributed by atoms with Gasteiger partial charge in [-0.2, -0.15) is 5.26 Å². The molecule has 0 saturated carbocycles. The minimum Gasteiger partial charge on any atom is -0.449 e. The zero-order chi connectivity index (χ0) is 23.2. The Hall–Kier alpha value is -3.35. The Bertz CT molecular complexity index is 1200. The standard InChI is InChI=1S/C24H24N4O3S2/c1-28-10-2-4-17(28)14-26-24(30)31-15-16-6-8-19-20(13-25)23(33-21(19)12-16)27-22(29)9-7-18-5-3-11-32-18/h2-5,7,9-11,16H,6,8,12,14-15H2,1H3,(H,26,30)(H,27,29). The van der Waals surface area contributed by atoms with Crippen molar-refractivity contribution in [3.63, 3.8) is 0 Å². The first kappa shape index (κ1) is 22.8. The molecule has 1 unspecified atom stereocenters. The van der Waals surface area contributed by atoms with Gasteiger partial charge in [-0.05, 0) is 60.4 Å². The second kappa shape index (κ2) is 10.5. The second-order valence-electron chi connectivity index (χ2n) is 7.83. The van der Waals surface area contributed by atoms with Gasteiger partial charge in [0.1, 0.15) is 11.1 Å². The Labute approximate surface area is 200 Å². The third-order valence-corrected chi connectivity index (χ3v) is 7.58. The van der Waals surface area contributed by atoms with E-state index in [1.54, 1.807) is 17.4 Å². The number of thiophene rings is 2. The van der Waals surface area contributed by atoms with Crippen molar-refractivity contribution in [1.82, 2.24) is 9.88 Å². The van der Waals surface area contributed by atoms with Crippen LogP contribution in [0.2, 0.25) is 0 Å². The van der Waals surface area contributed by atoms with E-state index in [2.05, 4.69) is 16.7 Å².